The predicted octanol–water partition coefficient (Wildman–Crippen LogP) is 4.89. The van der Waals surface area contributed by atoms with Crippen LogP contribution < -0.4 is 0 Å². The van der Waals surface area contributed by atoms with Gasteiger partial charge in [0, 0.05) is 23.8 Å². The smallest absolute Gasteiger partial charge is 0.764 e. The molecule has 2 unspecified atom stereocenters. The number of hydrogen-bond acceptors (Lipinski definition) is 2. The van der Waals surface area contributed by atoms with Crippen molar-refractivity contribution in [1.82, 2.24) is 9.97 Å². The van der Waals surface area contributed by atoms with E-state index in [4.69, 9.17) is 21.5 Å². The van der Waals surface area contributed by atoms with Gasteiger partial charge in [0.2, 0.25) is 0 Å². The molecule has 4 rings (SSSR count). The third-order valence-electron chi connectivity index (χ3n) is 5.18. The fraction of sp³-hybridized carbons (Fsp3) is 0.417. The molecule has 2 aromatic rings. The van der Waals surface area contributed by atoms with Crippen molar-refractivity contribution < 1.29 is 17.1 Å². The van der Waals surface area contributed by atoms with Gasteiger partial charge in [0.05, 0.1) is 0 Å². The Morgan fingerprint density at radius 1 is 0.774 bits per heavy atom. The third-order valence-corrected chi connectivity index (χ3v) is 5.18. The molecule has 2 aliphatic heterocycles. The normalized spacial score (nSPS) is 23.6. The zero-order chi connectivity index (χ0) is 21.6. The minimum absolute atomic E-state index is 0. The molecule has 2 fully saturated rings. The first-order chi connectivity index (χ1) is 14.7. The number of hydrogen-bond donors (Lipinski definition) is 0. The zero-order valence-corrected chi connectivity index (χ0v) is 18.7. The van der Waals surface area contributed by atoms with Gasteiger partial charge in [0.15, 0.2) is 0 Å². The molecule has 0 saturated carbocycles. The van der Waals surface area contributed by atoms with E-state index in [1.807, 2.05) is 24.5 Å². The van der Waals surface area contributed by atoms with Crippen molar-refractivity contribution in [3.8, 4) is 0 Å². The summed E-state index contributed by atoms with van der Waals surface area (Å²) in [6.45, 7) is 5.58. The van der Waals surface area contributed by atoms with Gasteiger partial charge in [-0.1, -0.05) is 51.0 Å². The standard InChI is InChI=1S/C20H24N4.2C2H2N.Fe/c1-3-11-21-15(5-1)13-17-7-9-19(23-17)20-10-8-18(24-20)14-16-6-2-4-12-22-16;2*1-2-3;/h1-6,11-12,17-20H,7-10,13-14H2;2*1H2;/q-2;2*-1;+4/t17?,18?,19-,20-;;;/m0.../s1. The van der Waals surface area contributed by atoms with Crippen molar-refractivity contribution in [2.45, 2.75) is 62.7 Å². The second-order valence-electron chi connectivity index (χ2n) is 7.26. The molecule has 0 spiro atoms. The van der Waals surface area contributed by atoms with Gasteiger partial charge in [-0.2, -0.15) is 12.1 Å². The summed E-state index contributed by atoms with van der Waals surface area (Å²) < 4.78 is 0. The SMILES string of the molecule is C=C=[N-].C=C=[N-].[Fe+4].c1ccc(CC2CC[C@@H]([C@@H]3CCC(Cc4ccccn4)[N-]3)[N-]2)nc1. The summed E-state index contributed by atoms with van der Waals surface area (Å²) in [4.78, 5) is 8.87. The number of rotatable bonds is 5. The van der Waals surface area contributed by atoms with Gasteiger partial charge >= 0.3 is 17.1 Å². The maximum absolute atomic E-state index is 7.21. The van der Waals surface area contributed by atoms with E-state index >= 15 is 0 Å². The fourth-order valence-corrected chi connectivity index (χ4v) is 3.98. The molecule has 0 aromatic carbocycles. The monoisotopic (exact) mass is 456 g/mol. The molecule has 0 radical (unpaired) electrons. The van der Waals surface area contributed by atoms with Gasteiger partial charge in [-0.05, 0) is 37.1 Å². The molecule has 162 valence electrons. The Hall–Kier alpha value is -2.36. The number of aromatic nitrogens is 2. The average molecular weight is 456 g/mol. The second kappa shape index (κ2) is 15.4. The largest absolute Gasteiger partial charge is 4.00 e. The van der Waals surface area contributed by atoms with Crippen LogP contribution in [0.5, 0.6) is 0 Å². The van der Waals surface area contributed by atoms with Crippen LogP contribution >= 0.6 is 0 Å². The molecule has 4 heterocycles. The van der Waals surface area contributed by atoms with E-state index in [9.17, 15) is 0 Å². The van der Waals surface area contributed by atoms with Crippen LogP contribution in [0.4, 0.5) is 0 Å². The number of pyridine rings is 2. The minimum Gasteiger partial charge on any atom is -0.764 e. The first-order valence-corrected chi connectivity index (χ1v) is 10.2. The fourth-order valence-electron chi connectivity index (χ4n) is 3.98. The first-order valence-electron chi connectivity index (χ1n) is 10.2. The quantitative estimate of drug-likeness (QED) is 0.473. The Bertz CT molecular complexity index is 732. The van der Waals surface area contributed by atoms with Crippen LogP contribution in [0.3, 0.4) is 0 Å². The van der Waals surface area contributed by atoms with E-state index in [1.54, 1.807) is 0 Å². The molecular weight excluding hydrogens is 428 g/mol. The van der Waals surface area contributed by atoms with Crippen molar-refractivity contribution in [3.63, 3.8) is 0 Å². The van der Waals surface area contributed by atoms with Gasteiger partial charge < -0.3 is 21.5 Å². The van der Waals surface area contributed by atoms with Crippen LogP contribution in [0, 0.1) is 0 Å². The summed E-state index contributed by atoms with van der Waals surface area (Å²) in [5.74, 6) is 3.00. The zero-order valence-electron chi connectivity index (χ0n) is 17.6. The van der Waals surface area contributed by atoms with Crippen molar-refractivity contribution in [2.24, 2.45) is 0 Å². The van der Waals surface area contributed by atoms with E-state index < -0.39 is 0 Å². The number of nitrogens with zero attached hydrogens (tertiary/aromatic N) is 6. The maximum atomic E-state index is 7.21. The van der Waals surface area contributed by atoms with E-state index in [0.717, 1.165) is 24.2 Å². The maximum Gasteiger partial charge on any atom is 4.00 e. The van der Waals surface area contributed by atoms with Crippen molar-refractivity contribution in [1.29, 1.82) is 0 Å². The van der Waals surface area contributed by atoms with Crippen LogP contribution in [-0.2, 0) is 29.9 Å². The molecule has 2 saturated heterocycles. The van der Waals surface area contributed by atoms with Crippen LogP contribution in [0.1, 0.15) is 37.1 Å². The molecule has 31 heavy (non-hydrogen) atoms. The van der Waals surface area contributed by atoms with Crippen LogP contribution in [-0.4, -0.2) is 45.9 Å². The Kier molecular flexibility index (Phi) is 13.3. The summed E-state index contributed by atoms with van der Waals surface area (Å²) in [6, 6.07) is 14.0. The Labute approximate surface area is 196 Å². The molecule has 7 heteroatoms. The Balaban J connectivity index is 0.000000620. The predicted molar refractivity (Wildman–Crippen MR) is 124 cm³/mol. The molecule has 4 atom stereocenters. The van der Waals surface area contributed by atoms with E-state index in [0.29, 0.717) is 24.2 Å². The van der Waals surface area contributed by atoms with Crippen molar-refractivity contribution in [3.05, 3.63) is 94.8 Å². The third kappa shape index (κ3) is 9.54. The summed E-state index contributed by atoms with van der Waals surface area (Å²) in [5.41, 5.74) is 2.31. The molecule has 0 aliphatic carbocycles. The summed E-state index contributed by atoms with van der Waals surface area (Å²) in [5, 5.41) is 24.5. The first kappa shape index (κ1) is 26.7. The summed E-state index contributed by atoms with van der Waals surface area (Å²) in [7, 11) is 0. The second-order valence-corrected chi connectivity index (χ2v) is 7.26. The Morgan fingerprint density at radius 2 is 1.16 bits per heavy atom. The van der Waals surface area contributed by atoms with Gasteiger partial charge in [-0.15, -0.1) is 12.1 Å². The average Bonchev–Trinajstić information content (AvgIpc) is 3.40. The molecule has 6 nitrogen and oxygen atoms in total. The minimum atomic E-state index is 0. The van der Waals surface area contributed by atoms with Gasteiger partial charge in [-0.3, -0.25) is 21.7 Å². The van der Waals surface area contributed by atoms with Gasteiger partial charge in [0.1, 0.15) is 0 Å². The van der Waals surface area contributed by atoms with Gasteiger partial charge in [-0.25, -0.2) is 0 Å². The van der Waals surface area contributed by atoms with Crippen LogP contribution in [0.2, 0.25) is 0 Å². The molecule has 2 aromatic heterocycles. The van der Waals surface area contributed by atoms with Gasteiger partial charge in [0.25, 0.3) is 0 Å². The Morgan fingerprint density at radius 3 is 1.48 bits per heavy atom. The molecule has 0 amide bonds. The molecule has 0 N–H and O–H groups in total. The van der Waals surface area contributed by atoms with E-state index in [1.165, 1.54) is 37.4 Å². The molecule has 0 bridgehead atoms. The van der Waals surface area contributed by atoms with Crippen molar-refractivity contribution >= 4 is 11.7 Å². The van der Waals surface area contributed by atoms with Crippen LogP contribution in [0.15, 0.2) is 61.9 Å². The van der Waals surface area contributed by atoms with Crippen molar-refractivity contribution in [2.75, 3.05) is 0 Å². The molecule has 2 aliphatic rings. The summed E-state index contributed by atoms with van der Waals surface area (Å²) >= 11 is 0. The molecular formula is C24H28FeN6. The van der Waals surface area contributed by atoms with E-state index in [-0.39, 0.29) is 17.1 Å². The van der Waals surface area contributed by atoms with Crippen LogP contribution in [0.25, 0.3) is 21.5 Å². The summed E-state index contributed by atoms with van der Waals surface area (Å²) in [6.07, 6.45) is 10.4. The topological polar surface area (TPSA) is 98.6 Å². The van der Waals surface area contributed by atoms with E-state index in [2.05, 4.69) is 47.4 Å².